The van der Waals surface area contributed by atoms with Gasteiger partial charge in [0.1, 0.15) is 5.82 Å². The van der Waals surface area contributed by atoms with Crippen LogP contribution in [0.1, 0.15) is 12.2 Å². The summed E-state index contributed by atoms with van der Waals surface area (Å²) in [5.74, 6) is 0.748. The number of pyridine rings is 1. The first-order valence-corrected chi connectivity index (χ1v) is 9.50. The van der Waals surface area contributed by atoms with Gasteiger partial charge < -0.3 is 5.32 Å². The van der Waals surface area contributed by atoms with Crippen LogP contribution in [-0.4, -0.2) is 49.7 Å². The molecule has 1 atom stereocenters. The second-order valence-electron chi connectivity index (χ2n) is 7.08. The fourth-order valence-corrected chi connectivity index (χ4v) is 3.75. The second kappa shape index (κ2) is 7.01. The summed E-state index contributed by atoms with van der Waals surface area (Å²) >= 11 is 0. The van der Waals surface area contributed by atoms with Gasteiger partial charge in [0.05, 0.1) is 11.4 Å². The summed E-state index contributed by atoms with van der Waals surface area (Å²) in [5, 5.41) is 19.3. The van der Waals surface area contributed by atoms with Gasteiger partial charge in [-0.1, -0.05) is 18.2 Å². The molecule has 4 heterocycles. The Bertz CT molecular complexity index is 1210. The van der Waals surface area contributed by atoms with Crippen molar-refractivity contribution in [3.05, 3.63) is 54.5 Å². The number of aromatic nitrogens is 5. The predicted molar refractivity (Wildman–Crippen MR) is 106 cm³/mol. The van der Waals surface area contributed by atoms with Crippen LogP contribution < -0.4 is 10.2 Å². The molecule has 2 amide bonds. The van der Waals surface area contributed by atoms with Crippen LogP contribution in [0.15, 0.2) is 48.7 Å². The molecule has 146 valence electrons. The lowest BCUT2D eigenvalue weighted by Crippen LogP contribution is -2.34. The highest BCUT2D eigenvalue weighted by Crippen LogP contribution is 2.29. The van der Waals surface area contributed by atoms with Gasteiger partial charge >= 0.3 is 0 Å². The number of hydrogen-bond donors (Lipinski definition) is 2. The van der Waals surface area contributed by atoms with E-state index in [4.69, 9.17) is 0 Å². The number of para-hydroxylation sites is 1. The number of nitrogens with zero attached hydrogens (tertiary/aromatic N) is 5. The lowest BCUT2D eigenvalue weighted by molar-refractivity contribution is -0.126. The Hall–Kier alpha value is -3.75. The molecule has 0 spiro atoms. The van der Waals surface area contributed by atoms with Crippen LogP contribution in [0.5, 0.6) is 0 Å². The Morgan fingerprint density at radius 3 is 2.97 bits per heavy atom. The van der Waals surface area contributed by atoms with Crippen LogP contribution >= 0.6 is 0 Å². The molecule has 0 unspecified atom stereocenters. The van der Waals surface area contributed by atoms with Crippen molar-refractivity contribution in [2.45, 2.75) is 12.8 Å². The highest BCUT2D eigenvalue weighted by Gasteiger charge is 2.36. The van der Waals surface area contributed by atoms with Crippen LogP contribution in [0.3, 0.4) is 0 Å². The lowest BCUT2D eigenvalue weighted by Gasteiger charge is -2.14. The number of fused-ring (bicyclic) bond motifs is 2. The number of anilines is 1. The van der Waals surface area contributed by atoms with E-state index >= 15 is 0 Å². The van der Waals surface area contributed by atoms with Gasteiger partial charge in [0, 0.05) is 37.5 Å². The summed E-state index contributed by atoms with van der Waals surface area (Å²) in [6.45, 7) is 0.762. The molecule has 0 aliphatic carbocycles. The zero-order chi connectivity index (χ0) is 19.8. The fourth-order valence-electron chi connectivity index (χ4n) is 3.75. The standard InChI is InChI=1S/C20H19N7O2/c28-18-11-13(12-27(18)19-14-5-1-2-6-15(14)22-25-19)20(29)21-9-8-17-24-23-16-7-3-4-10-26(16)17/h1-7,10,13H,8-9,11-12H2,(H,21,29)(H,22,25)/t13-/m0/s1. The number of carbonyl (C=O) groups is 2. The molecule has 3 aromatic heterocycles. The van der Waals surface area contributed by atoms with E-state index in [-0.39, 0.29) is 18.2 Å². The van der Waals surface area contributed by atoms with Gasteiger partial charge in [0.2, 0.25) is 11.8 Å². The van der Waals surface area contributed by atoms with Crippen molar-refractivity contribution in [2.75, 3.05) is 18.0 Å². The normalized spacial score (nSPS) is 16.8. The van der Waals surface area contributed by atoms with E-state index in [1.54, 1.807) is 4.90 Å². The monoisotopic (exact) mass is 389 g/mol. The van der Waals surface area contributed by atoms with E-state index in [9.17, 15) is 9.59 Å². The van der Waals surface area contributed by atoms with Crippen molar-refractivity contribution in [2.24, 2.45) is 5.92 Å². The number of amides is 2. The topological polar surface area (TPSA) is 108 Å². The minimum Gasteiger partial charge on any atom is -0.355 e. The van der Waals surface area contributed by atoms with Gasteiger partial charge in [-0.05, 0) is 24.3 Å². The van der Waals surface area contributed by atoms with E-state index < -0.39 is 5.92 Å². The molecule has 29 heavy (non-hydrogen) atoms. The summed E-state index contributed by atoms with van der Waals surface area (Å²) < 4.78 is 1.90. The third-order valence-corrected chi connectivity index (χ3v) is 5.23. The largest absolute Gasteiger partial charge is 0.355 e. The molecule has 1 saturated heterocycles. The zero-order valence-corrected chi connectivity index (χ0v) is 15.6. The van der Waals surface area contributed by atoms with Gasteiger partial charge in [-0.2, -0.15) is 5.10 Å². The number of aromatic amines is 1. The summed E-state index contributed by atoms with van der Waals surface area (Å²) in [5.41, 5.74) is 1.64. The maximum atomic E-state index is 12.6. The maximum absolute atomic E-state index is 12.6. The number of H-pyrrole nitrogens is 1. The molecule has 0 bridgehead atoms. The van der Waals surface area contributed by atoms with Crippen LogP contribution in [-0.2, 0) is 16.0 Å². The zero-order valence-electron chi connectivity index (χ0n) is 15.6. The molecule has 9 nitrogen and oxygen atoms in total. The van der Waals surface area contributed by atoms with Crippen LogP contribution in [0.4, 0.5) is 5.82 Å². The van der Waals surface area contributed by atoms with E-state index in [0.717, 1.165) is 22.4 Å². The van der Waals surface area contributed by atoms with E-state index in [1.165, 1.54) is 0 Å². The van der Waals surface area contributed by atoms with Crippen molar-refractivity contribution in [3.63, 3.8) is 0 Å². The van der Waals surface area contributed by atoms with Crippen molar-refractivity contribution < 1.29 is 9.59 Å². The fraction of sp³-hybridized carbons (Fsp3) is 0.250. The van der Waals surface area contributed by atoms with Crippen molar-refractivity contribution in [1.29, 1.82) is 0 Å². The van der Waals surface area contributed by atoms with E-state index in [2.05, 4.69) is 25.7 Å². The Labute approximate surface area is 165 Å². The molecule has 2 N–H and O–H groups in total. The first-order valence-electron chi connectivity index (χ1n) is 9.50. The molecular weight excluding hydrogens is 370 g/mol. The molecule has 0 saturated carbocycles. The number of rotatable bonds is 5. The number of hydrogen-bond acceptors (Lipinski definition) is 5. The Morgan fingerprint density at radius 2 is 2.03 bits per heavy atom. The van der Waals surface area contributed by atoms with Gasteiger partial charge in [0.25, 0.3) is 0 Å². The van der Waals surface area contributed by atoms with Gasteiger partial charge in [-0.25, -0.2) is 0 Å². The molecule has 4 aromatic rings. The second-order valence-corrected chi connectivity index (χ2v) is 7.08. The van der Waals surface area contributed by atoms with Crippen molar-refractivity contribution in [3.8, 4) is 0 Å². The van der Waals surface area contributed by atoms with Crippen molar-refractivity contribution >= 4 is 34.2 Å². The summed E-state index contributed by atoms with van der Waals surface area (Å²) in [6, 6.07) is 13.3. The van der Waals surface area contributed by atoms with Gasteiger partial charge in [-0.3, -0.25) is 24.0 Å². The lowest BCUT2D eigenvalue weighted by atomic mass is 10.1. The molecule has 0 radical (unpaired) electrons. The average molecular weight is 389 g/mol. The molecule has 1 aliphatic rings. The first kappa shape index (κ1) is 17.4. The average Bonchev–Trinajstić information content (AvgIpc) is 3.45. The quantitative estimate of drug-likeness (QED) is 0.535. The first-order chi connectivity index (χ1) is 14.2. The van der Waals surface area contributed by atoms with Crippen LogP contribution in [0.25, 0.3) is 16.6 Å². The van der Waals surface area contributed by atoms with E-state index in [0.29, 0.717) is 25.3 Å². The maximum Gasteiger partial charge on any atom is 0.229 e. The number of nitrogens with one attached hydrogen (secondary N) is 2. The van der Waals surface area contributed by atoms with Gasteiger partial charge in [0.15, 0.2) is 11.5 Å². The summed E-state index contributed by atoms with van der Waals surface area (Å²) in [7, 11) is 0. The minimum atomic E-state index is -0.395. The summed E-state index contributed by atoms with van der Waals surface area (Å²) in [6.07, 6.45) is 2.64. The number of carbonyl (C=O) groups excluding carboxylic acids is 2. The Balaban J connectivity index is 1.22. The Kier molecular flexibility index (Phi) is 4.19. The predicted octanol–water partition coefficient (Wildman–Crippen LogP) is 1.32. The van der Waals surface area contributed by atoms with Gasteiger partial charge in [-0.15, -0.1) is 10.2 Å². The number of benzene rings is 1. The highest BCUT2D eigenvalue weighted by atomic mass is 16.2. The van der Waals surface area contributed by atoms with Crippen molar-refractivity contribution in [1.82, 2.24) is 30.1 Å². The molecule has 1 aromatic carbocycles. The van der Waals surface area contributed by atoms with Crippen LogP contribution in [0.2, 0.25) is 0 Å². The molecule has 1 aliphatic heterocycles. The third kappa shape index (κ3) is 3.10. The third-order valence-electron chi connectivity index (χ3n) is 5.23. The smallest absolute Gasteiger partial charge is 0.229 e. The molecule has 5 rings (SSSR count). The molecular formula is C20H19N7O2. The van der Waals surface area contributed by atoms with Crippen LogP contribution in [0, 0.1) is 5.92 Å². The molecule has 1 fully saturated rings. The summed E-state index contributed by atoms with van der Waals surface area (Å²) in [4.78, 5) is 26.7. The Morgan fingerprint density at radius 1 is 1.17 bits per heavy atom. The molecule has 9 heteroatoms. The highest BCUT2D eigenvalue weighted by molar-refractivity contribution is 6.05. The minimum absolute atomic E-state index is 0.0918. The van der Waals surface area contributed by atoms with E-state index in [1.807, 2.05) is 53.1 Å². The SMILES string of the molecule is O=C(NCCc1nnc2ccccn12)[C@H]1CC(=O)N(c2n[nH]c3ccccc23)C1.